The van der Waals surface area contributed by atoms with E-state index in [4.69, 9.17) is 0 Å². The minimum absolute atomic E-state index is 0.0289. The third kappa shape index (κ3) is 6.06. The van der Waals surface area contributed by atoms with Crippen molar-refractivity contribution >= 4 is 11.8 Å². The number of amides is 2. The molecule has 1 atom stereocenters. The monoisotopic (exact) mass is 536 g/mol. The number of aromatic hydroxyl groups is 1. The minimum atomic E-state index is -1.01. The van der Waals surface area contributed by atoms with Crippen LogP contribution in [-0.2, 0) is 19.5 Å². The van der Waals surface area contributed by atoms with E-state index in [2.05, 4.69) is 10.6 Å². The molecule has 3 N–H and O–H groups in total. The van der Waals surface area contributed by atoms with Gasteiger partial charge in [0.2, 0.25) is 5.43 Å². The summed E-state index contributed by atoms with van der Waals surface area (Å²) in [4.78, 5) is 40.6. The number of pyridine rings is 1. The first-order valence-electron chi connectivity index (χ1n) is 12.6. The largest absolute Gasteiger partial charge is 0.503 e. The Morgan fingerprint density at radius 3 is 2.56 bits per heavy atom. The number of benzene rings is 2. The molecule has 1 aliphatic heterocycles. The molecule has 0 unspecified atom stereocenters. The highest BCUT2D eigenvalue weighted by molar-refractivity contribution is 5.99. The molecule has 0 saturated carbocycles. The number of carbonyl (C=O) groups is 2. The van der Waals surface area contributed by atoms with Crippen LogP contribution in [0.3, 0.4) is 0 Å². The number of nitrogens with zero attached hydrogens (tertiary/aromatic N) is 2. The van der Waals surface area contributed by atoms with E-state index in [1.54, 1.807) is 17.9 Å². The normalized spacial score (nSPS) is 14.8. The molecular weight excluding hydrogens is 506 g/mol. The van der Waals surface area contributed by atoms with Crippen LogP contribution >= 0.6 is 0 Å². The quantitative estimate of drug-likeness (QED) is 0.389. The number of rotatable bonds is 9. The van der Waals surface area contributed by atoms with Gasteiger partial charge in [0.25, 0.3) is 11.8 Å². The Labute approximate surface area is 224 Å². The zero-order valence-electron chi connectivity index (χ0n) is 21.7. The number of aromatic nitrogens is 1. The van der Waals surface area contributed by atoms with Crippen molar-refractivity contribution in [1.82, 2.24) is 20.1 Å². The Kier molecular flexibility index (Phi) is 8.55. The van der Waals surface area contributed by atoms with Gasteiger partial charge >= 0.3 is 0 Å². The van der Waals surface area contributed by atoms with Gasteiger partial charge < -0.3 is 25.2 Å². The highest BCUT2D eigenvalue weighted by Crippen LogP contribution is 2.26. The van der Waals surface area contributed by atoms with Gasteiger partial charge in [-0.2, -0.15) is 0 Å². The molecule has 1 aliphatic rings. The summed E-state index contributed by atoms with van der Waals surface area (Å²) in [5, 5.41) is 16.4. The van der Waals surface area contributed by atoms with Crippen molar-refractivity contribution in [3.63, 3.8) is 0 Å². The number of nitrogens with one attached hydrogen (secondary N) is 2. The number of fused-ring (bicyclic) bond motifs is 1. The van der Waals surface area contributed by atoms with Crippen molar-refractivity contribution in [3.05, 3.63) is 111 Å². The molecule has 4 rings (SSSR count). The van der Waals surface area contributed by atoms with Gasteiger partial charge in [-0.3, -0.25) is 14.4 Å². The van der Waals surface area contributed by atoms with Gasteiger partial charge in [-0.05, 0) is 38.4 Å². The Hall–Kier alpha value is -4.31. The third-order valence-electron chi connectivity index (χ3n) is 6.85. The number of hydrogen-bond donors (Lipinski definition) is 3. The number of likely N-dealkylation sites (N-methyl/N-ethyl adjacent to an activating group) is 1. The lowest BCUT2D eigenvalue weighted by atomic mass is 10.0. The summed E-state index contributed by atoms with van der Waals surface area (Å²) < 4.78 is 28.4. The van der Waals surface area contributed by atoms with E-state index in [0.29, 0.717) is 24.7 Å². The fourth-order valence-electron chi connectivity index (χ4n) is 4.64. The van der Waals surface area contributed by atoms with Crippen LogP contribution in [0.1, 0.15) is 45.3 Å². The van der Waals surface area contributed by atoms with Crippen molar-refractivity contribution in [2.24, 2.45) is 0 Å². The lowest BCUT2D eigenvalue weighted by molar-refractivity contribution is 0.0751. The van der Waals surface area contributed by atoms with Crippen LogP contribution in [0.15, 0.2) is 71.3 Å². The first-order chi connectivity index (χ1) is 18.7. The van der Waals surface area contributed by atoms with Gasteiger partial charge in [0.15, 0.2) is 11.4 Å². The van der Waals surface area contributed by atoms with Crippen LogP contribution in [0.2, 0.25) is 0 Å². The fourth-order valence-corrected chi connectivity index (χ4v) is 4.64. The smallest absolute Gasteiger partial charge is 0.278 e. The second kappa shape index (κ2) is 12.0. The topological polar surface area (TPSA) is 104 Å². The van der Waals surface area contributed by atoms with Crippen molar-refractivity contribution in [1.29, 1.82) is 0 Å². The van der Waals surface area contributed by atoms with Gasteiger partial charge in [0.05, 0.1) is 6.54 Å². The molecular formula is C29H30F2N4O4. The predicted octanol–water partition coefficient (Wildman–Crippen LogP) is 3.34. The summed E-state index contributed by atoms with van der Waals surface area (Å²) in [6.45, 7) is 2.00. The number of hydrogen-bond acceptors (Lipinski definition) is 5. The molecule has 0 radical (unpaired) electrons. The maximum absolute atomic E-state index is 13.9. The molecule has 2 heterocycles. The van der Waals surface area contributed by atoms with E-state index >= 15 is 0 Å². The molecule has 1 aromatic heterocycles. The first-order valence-corrected chi connectivity index (χ1v) is 12.6. The van der Waals surface area contributed by atoms with Gasteiger partial charge in [0.1, 0.15) is 17.2 Å². The van der Waals surface area contributed by atoms with Crippen LogP contribution in [-0.4, -0.2) is 46.0 Å². The molecule has 0 aliphatic carbocycles. The third-order valence-corrected chi connectivity index (χ3v) is 6.85. The van der Waals surface area contributed by atoms with Crippen LogP contribution in [0, 0.1) is 11.6 Å². The molecule has 204 valence electrons. The van der Waals surface area contributed by atoms with Crippen LogP contribution in [0.4, 0.5) is 8.78 Å². The molecule has 0 bridgehead atoms. The zero-order chi connectivity index (χ0) is 28.1. The molecule has 3 aromatic rings. The molecule has 10 heteroatoms. The van der Waals surface area contributed by atoms with Gasteiger partial charge in [0, 0.05) is 42.7 Å². The highest BCUT2D eigenvalue weighted by atomic mass is 19.1. The molecule has 0 spiro atoms. The molecule has 8 nitrogen and oxygen atoms in total. The summed E-state index contributed by atoms with van der Waals surface area (Å²) in [6, 6.07) is 13.0. The number of halogens is 2. The number of carbonyl (C=O) groups excluding carboxylic acids is 2. The maximum atomic E-state index is 13.9. The van der Waals surface area contributed by atoms with Crippen LogP contribution < -0.4 is 16.1 Å². The Bertz CT molecular complexity index is 1470. The summed E-state index contributed by atoms with van der Waals surface area (Å²) in [6.07, 6.45) is 4.39. The Morgan fingerprint density at radius 1 is 1.15 bits per heavy atom. The highest BCUT2D eigenvalue weighted by Gasteiger charge is 2.33. The van der Waals surface area contributed by atoms with Crippen molar-refractivity contribution < 1.29 is 23.5 Å². The number of allylic oxidation sites excluding steroid dienone is 2. The average molecular weight is 537 g/mol. The first kappa shape index (κ1) is 27.7. The second-order valence-corrected chi connectivity index (χ2v) is 9.32. The van der Waals surface area contributed by atoms with E-state index in [1.807, 2.05) is 37.4 Å². The van der Waals surface area contributed by atoms with Gasteiger partial charge in [-0.15, -0.1) is 0 Å². The van der Waals surface area contributed by atoms with Crippen LogP contribution in [0.5, 0.6) is 5.75 Å². The molecule has 39 heavy (non-hydrogen) atoms. The van der Waals surface area contributed by atoms with E-state index in [1.165, 1.54) is 16.8 Å². The van der Waals surface area contributed by atoms with Gasteiger partial charge in [-0.1, -0.05) is 42.5 Å². The molecule has 2 aromatic carbocycles. The lowest BCUT2D eigenvalue weighted by Crippen LogP contribution is -2.43. The molecule has 2 amide bonds. The zero-order valence-corrected chi connectivity index (χ0v) is 21.7. The molecule has 0 saturated heterocycles. The maximum Gasteiger partial charge on any atom is 0.278 e. The van der Waals surface area contributed by atoms with Crippen molar-refractivity contribution in [3.8, 4) is 5.75 Å². The Morgan fingerprint density at radius 2 is 1.90 bits per heavy atom. The van der Waals surface area contributed by atoms with Gasteiger partial charge in [-0.25, -0.2) is 8.78 Å². The SMILES string of the molecule is C/C=C1\Cn2cc(C(=O)NCc3ccc(F)cc3F)c(=O)c(O)c2C(=O)N1CC[C@H](Cc1ccccc1)NC. The summed E-state index contributed by atoms with van der Waals surface area (Å²) in [5.74, 6) is -3.82. The van der Waals surface area contributed by atoms with E-state index in [-0.39, 0.29) is 30.4 Å². The minimum Gasteiger partial charge on any atom is -0.503 e. The van der Waals surface area contributed by atoms with E-state index < -0.39 is 40.2 Å². The van der Waals surface area contributed by atoms with Crippen LogP contribution in [0.25, 0.3) is 0 Å². The summed E-state index contributed by atoms with van der Waals surface area (Å²) in [5.41, 5.74) is 0.249. The summed E-state index contributed by atoms with van der Waals surface area (Å²) in [7, 11) is 1.86. The molecule has 0 fully saturated rings. The standard InChI is InChI=1S/C29H30F2N4O4/c1-3-22-16-34-17-23(28(38)33-15-19-9-10-20(30)14-24(19)31)26(36)27(37)25(34)29(39)35(22)12-11-21(32-2)13-18-7-5-4-6-8-18/h3-10,14,17,21,32,37H,11-13,15-16H2,1-2H3,(H,33,38)/b22-3+/t21-/m1/s1. The van der Waals surface area contributed by atoms with Crippen molar-refractivity contribution in [2.75, 3.05) is 13.6 Å². The van der Waals surface area contributed by atoms with E-state index in [9.17, 15) is 28.3 Å². The predicted molar refractivity (Wildman–Crippen MR) is 142 cm³/mol. The Balaban J connectivity index is 1.52. The second-order valence-electron chi connectivity index (χ2n) is 9.32. The van der Waals surface area contributed by atoms with Crippen molar-refractivity contribution in [2.45, 2.75) is 38.9 Å². The summed E-state index contributed by atoms with van der Waals surface area (Å²) >= 11 is 0. The fraction of sp³-hybridized carbons (Fsp3) is 0.276. The average Bonchev–Trinajstić information content (AvgIpc) is 2.93. The lowest BCUT2D eigenvalue weighted by Gasteiger charge is -2.34. The van der Waals surface area contributed by atoms with E-state index in [0.717, 1.165) is 18.1 Å².